The van der Waals surface area contributed by atoms with Gasteiger partial charge in [0.15, 0.2) is 0 Å². The Hall–Kier alpha value is -0.670. The van der Waals surface area contributed by atoms with Gasteiger partial charge in [-0.1, -0.05) is 0 Å². The minimum Gasteiger partial charge on any atom is -0.508 e. The molecule has 0 bridgehead atoms. The van der Waals surface area contributed by atoms with Crippen LogP contribution < -0.4 is 0 Å². The summed E-state index contributed by atoms with van der Waals surface area (Å²) in [5.41, 5.74) is 0.915. The highest BCUT2D eigenvalue weighted by Gasteiger charge is 2.03. The predicted octanol–water partition coefficient (Wildman–Crippen LogP) is 3.20. The van der Waals surface area contributed by atoms with Crippen molar-refractivity contribution >= 4 is 34.1 Å². The van der Waals surface area contributed by atoms with Crippen molar-refractivity contribution in [3.63, 3.8) is 0 Å². The molecule has 1 aromatic carbocycles. The molecule has 0 unspecified atom stereocenters. The number of aryl methyl sites for hydroxylation is 1. The Morgan fingerprint density at radius 2 is 2.17 bits per heavy atom. The lowest BCUT2D eigenvalue weighted by molar-refractivity contribution is 0.472. The predicted molar refractivity (Wildman–Crippen MR) is 55.5 cm³/mol. The highest BCUT2D eigenvalue weighted by molar-refractivity contribution is 7.80. The standard InChI is InChI=1S/C9H8OS2/c1-5-2-9-6(3-7(5)10)8(11)4-12-9/h2-4,10-11H,1H3. The lowest BCUT2D eigenvalue weighted by Gasteiger charge is -1.98. The fourth-order valence-electron chi connectivity index (χ4n) is 1.15. The maximum Gasteiger partial charge on any atom is 0.119 e. The van der Waals surface area contributed by atoms with Crippen molar-refractivity contribution in [3.8, 4) is 5.75 Å². The average molecular weight is 196 g/mol. The van der Waals surface area contributed by atoms with Crippen molar-refractivity contribution in [1.82, 2.24) is 0 Å². The largest absolute Gasteiger partial charge is 0.508 e. The molecule has 0 amide bonds. The minimum absolute atomic E-state index is 0.344. The fraction of sp³-hybridized carbons (Fsp3) is 0.111. The fourth-order valence-corrected chi connectivity index (χ4v) is 2.48. The third-order valence-corrected chi connectivity index (χ3v) is 3.36. The lowest BCUT2D eigenvalue weighted by atomic mass is 10.2. The second-order valence-electron chi connectivity index (χ2n) is 2.76. The van der Waals surface area contributed by atoms with Gasteiger partial charge in [-0.2, -0.15) is 0 Å². The van der Waals surface area contributed by atoms with Crippen LogP contribution >= 0.6 is 24.0 Å². The summed E-state index contributed by atoms with van der Waals surface area (Å²) in [6.45, 7) is 1.90. The first-order valence-electron chi connectivity index (χ1n) is 3.58. The van der Waals surface area contributed by atoms with E-state index in [1.54, 1.807) is 17.4 Å². The first-order valence-corrected chi connectivity index (χ1v) is 4.91. The molecule has 0 aliphatic rings. The van der Waals surface area contributed by atoms with Crippen LogP contribution in [-0.2, 0) is 0 Å². The molecule has 62 valence electrons. The van der Waals surface area contributed by atoms with Gasteiger partial charge in [0, 0.05) is 20.4 Å². The molecule has 0 fully saturated rings. The Balaban J connectivity index is 2.87. The number of thiol groups is 1. The van der Waals surface area contributed by atoms with Gasteiger partial charge in [0.2, 0.25) is 0 Å². The molecule has 2 aromatic rings. The van der Waals surface area contributed by atoms with Crippen LogP contribution in [0.2, 0.25) is 0 Å². The summed E-state index contributed by atoms with van der Waals surface area (Å²) in [6, 6.07) is 3.75. The van der Waals surface area contributed by atoms with Crippen LogP contribution in [0.3, 0.4) is 0 Å². The molecule has 0 spiro atoms. The van der Waals surface area contributed by atoms with Gasteiger partial charge in [-0.25, -0.2) is 0 Å². The zero-order chi connectivity index (χ0) is 8.72. The Morgan fingerprint density at radius 1 is 1.42 bits per heavy atom. The van der Waals surface area contributed by atoms with Crippen molar-refractivity contribution in [2.24, 2.45) is 0 Å². The van der Waals surface area contributed by atoms with Gasteiger partial charge in [0.25, 0.3) is 0 Å². The normalized spacial score (nSPS) is 10.8. The number of benzene rings is 1. The third-order valence-electron chi connectivity index (χ3n) is 1.87. The summed E-state index contributed by atoms with van der Waals surface area (Å²) in [7, 11) is 0. The van der Waals surface area contributed by atoms with Crippen molar-refractivity contribution in [3.05, 3.63) is 23.1 Å². The monoisotopic (exact) mass is 196 g/mol. The minimum atomic E-state index is 0.344. The molecule has 3 heteroatoms. The highest BCUT2D eigenvalue weighted by Crippen LogP contribution is 2.33. The number of phenols is 1. The molecular weight excluding hydrogens is 188 g/mol. The van der Waals surface area contributed by atoms with E-state index in [4.69, 9.17) is 0 Å². The van der Waals surface area contributed by atoms with Crippen LogP contribution in [0.25, 0.3) is 10.1 Å². The number of fused-ring (bicyclic) bond motifs is 1. The zero-order valence-electron chi connectivity index (χ0n) is 6.53. The van der Waals surface area contributed by atoms with E-state index in [1.807, 2.05) is 18.4 Å². The van der Waals surface area contributed by atoms with E-state index in [0.717, 1.165) is 15.8 Å². The van der Waals surface area contributed by atoms with Crippen LogP contribution in [0.1, 0.15) is 5.56 Å². The average Bonchev–Trinajstić information content (AvgIpc) is 2.35. The Labute approximate surface area is 80.1 Å². The van der Waals surface area contributed by atoms with Gasteiger partial charge < -0.3 is 5.11 Å². The van der Waals surface area contributed by atoms with Gasteiger partial charge >= 0.3 is 0 Å². The molecule has 12 heavy (non-hydrogen) atoms. The first-order chi connectivity index (χ1) is 5.68. The van der Waals surface area contributed by atoms with Gasteiger partial charge in [0.05, 0.1) is 0 Å². The van der Waals surface area contributed by atoms with E-state index in [9.17, 15) is 5.11 Å². The number of hydrogen-bond acceptors (Lipinski definition) is 3. The molecule has 0 saturated heterocycles. The van der Waals surface area contributed by atoms with Crippen molar-refractivity contribution in [2.45, 2.75) is 11.8 Å². The summed E-state index contributed by atoms with van der Waals surface area (Å²) in [4.78, 5) is 0.935. The second kappa shape index (κ2) is 2.68. The topological polar surface area (TPSA) is 20.2 Å². The van der Waals surface area contributed by atoms with Crippen molar-refractivity contribution in [2.75, 3.05) is 0 Å². The number of hydrogen-bond donors (Lipinski definition) is 2. The Morgan fingerprint density at radius 3 is 2.92 bits per heavy atom. The van der Waals surface area contributed by atoms with Crippen LogP contribution in [0, 0.1) is 6.92 Å². The molecular formula is C9H8OS2. The van der Waals surface area contributed by atoms with Gasteiger partial charge in [-0.3, -0.25) is 0 Å². The summed E-state index contributed by atoms with van der Waals surface area (Å²) in [5, 5.41) is 12.4. The molecule has 1 aromatic heterocycles. The Kier molecular flexibility index (Phi) is 1.77. The van der Waals surface area contributed by atoms with Gasteiger partial charge in [-0.15, -0.1) is 24.0 Å². The molecule has 0 atom stereocenters. The van der Waals surface area contributed by atoms with Gasteiger partial charge in [-0.05, 0) is 24.6 Å². The highest BCUT2D eigenvalue weighted by atomic mass is 32.1. The van der Waals surface area contributed by atoms with Gasteiger partial charge in [0.1, 0.15) is 5.75 Å². The second-order valence-corrected chi connectivity index (χ2v) is 4.15. The summed E-state index contributed by atoms with van der Waals surface area (Å²) in [6.07, 6.45) is 0. The maximum absolute atomic E-state index is 9.43. The molecule has 0 aliphatic heterocycles. The smallest absolute Gasteiger partial charge is 0.119 e. The molecule has 1 nitrogen and oxygen atoms in total. The van der Waals surface area contributed by atoms with E-state index in [-0.39, 0.29) is 0 Å². The van der Waals surface area contributed by atoms with E-state index < -0.39 is 0 Å². The van der Waals surface area contributed by atoms with E-state index >= 15 is 0 Å². The van der Waals surface area contributed by atoms with Crippen molar-refractivity contribution in [1.29, 1.82) is 0 Å². The summed E-state index contributed by atoms with van der Waals surface area (Å²) in [5.74, 6) is 0.344. The molecule has 1 N–H and O–H groups in total. The van der Waals surface area contributed by atoms with Crippen LogP contribution in [0.15, 0.2) is 22.4 Å². The number of thiophene rings is 1. The first kappa shape index (κ1) is 7.95. The molecule has 0 saturated carbocycles. The summed E-state index contributed by atoms with van der Waals surface area (Å²) < 4.78 is 1.18. The van der Waals surface area contributed by atoms with E-state index in [0.29, 0.717) is 5.75 Å². The molecule has 2 rings (SSSR count). The number of aromatic hydroxyl groups is 1. The number of rotatable bonds is 0. The van der Waals surface area contributed by atoms with E-state index in [1.165, 1.54) is 4.70 Å². The quantitative estimate of drug-likeness (QED) is 0.620. The SMILES string of the molecule is Cc1cc2scc(S)c2cc1O. The molecule has 1 heterocycles. The lowest BCUT2D eigenvalue weighted by Crippen LogP contribution is -1.73. The third kappa shape index (κ3) is 1.09. The van der Waals surface area contributed by atoms with Crippen molar-refractivity contribution < 1.29 is 5.11 Å². The molecule has 0 radical (unpaired) electrons. The zero-order valence-corrected chi connectivity index (χ0v) is 8.25. The van der Waals surface area contributed by atoms with Crippen LogP contribution in [0.4, 0.5) is 0 Å². The maximum atomic E-state index is 9.43. The van der Waals surface area contributed by atoms with E-state index in [2.05, 4.69) is 12.6 Å². The Bertz CT molecular complexity index is 431. The van der Waals surface area contributed by atoms with Crippen LogP contribution in [0.5, 0.6) is 5.75 Å². The van der Waals surface area contributed by atoms with Crippen LogP contribution in [-0.4, -0.2) is 5.11 Å². The summed E-state index contributed by atoms with van der Waals surface area (Å²) >= 11 is 5.93. The number of phenolic OH excluding ortho intramolecular Hbond substituents is 1. The molecule has 0 aliphatic carbocycles.